The molecule has 0 radical (unpaired) electrons. The van der Waals surface area contributed by atoms with Gasteiger partial charge in [-0.15, -0.1) is 11.3 Å². The lowest BCUT2D eigenvalue weighted by molar-refractivity contribution is -0.0120. The second-order valence-electron chi connectivity index (χ2n) is 8.74. The van der Waals surface area contributed by atoms with Crippen molar-refractivity contribution >= 4 is 17.2 Å². The van der Waals surface area contributed by atoms with Crippen LogP contribution in [0.25, 0.3) is 0 Å². The van der Waals surface area contributed by atoms with E-state index >= 15 is 0 Å². The van der Waals surface area contributed by atoms with E-state index in [-0.39, 0.29) is 11.9 Å². The third-order valence-electron chi connectivity index (χ3n) is 6.32. The first-order chi connectivity index (χ1) is 11.5. The Balaban J connectivity index is 1.41. The molecule has 1 amide bonds. The van der Waals surface area contributed by atoms with E-state index in [4.69, 9.17) is 5.73 Å². The Morgan fingerprint density at radius 3 is 2.46 bits per heavy atom. The lowest BCUT2D eigenvalue weighted by atomic mass is 9.54. The Hall–Kier alpha value is -0.940. The molecule has 132 valence electrons. The van der Waals surface area contributed by atoms with Gasteiger partial charge in [0, 0.05) is 11.4 Å². The van der Waals surface area contributed by atoms with Crippen LogP contribution >= 0.6 is 11.3 Å². The molecule has 4 aliphatic rings. The predicted octanol–water partition coefficient (Wildman–Crippen LogP) is 3.74. The summed E-state index contributed by atoms with van der Waals surface area (Å²) in [6.07, 6.45) is 7.62. The minimum absolute atomic E-state index is 0.00622. The summed E-state index contributed by atoms with van der Waals surface area (Å²) in [6.45, 7) is 4.32. The monoisotopic (exact) mass is 347 g/mol. The third-order valence-corrected chi connectivity index (χ3v) is 7.30. The van der Waals surface area contributed by atoms with Gasteiger partial charge in [-0.05, 0) is 68.1 Å². The van der Waals surface area contributed by atoms with E-state index in [1.54, 1.807) is 0 Å². The highest BCUT2D eigenvalue weighted by atomic mass is 32.1. The molecule has 0 aromatic carbocycles. The topological polar surface area (TPSA) is 68.0 Å². The summed E-state index contributed by atoms with van der Waals surface area (Å²) in [5.74, 6) is 3.81. The number of amides is 1. The Labute approximate surface area is 148 Å². The van der Waals surface area contributed by atoms with E-state index in [2.05, 4.69) is 24.1 Å². The molecule has 0 saturated heterocycles. The van der Waals surface area contributed by atoms with Gasteiger partial charge in [0.25, 0.3) is 5.91 Å². The highest BCUT2D eigenvalue weighted by molar-refractivity contribution is 7.09. The number of carbonyl (C=O) groups is 1. The minimum atomic E-state index is -0.0577. The molecule has 0 aliphatic heterocycles. The van der Waals surface area contributed by atoms with Crippen molar-refractivity contribution in [2.75, 3.05) is 0 Å². The van der Waals surface area contributed by atoms with E-state index in [1.807, 2.05) is 5.38 Å². The fourth-order valence-electron chi connectivity index (χ4n) is 5.56. The van der Waals surface area contributed by atoms with Crippen LogP contribution in [0.5, 0.6) is 0 Å². The lowest BCUT2D eigenvalue weighted by Crippen LogP contribution is -2.55. The van der Waals surface area contributed by atoms with Crippen LogP contribution in [-0.2, 0) is 0 Å². The first-order valence-electron chi connectivity index (χ1n) is 9.51. The molecule has 1 aromatic heterocycles. The first kappa shape index (κ1) is 16.5. The molecule has 5 heteroatoms. The van der Waals surface area contributed by atoms with Gasteiger partial charge in [0.1, 0.15) is 10.7 Å². The highest BCUT2D eigenvalue weighted by Crippen LogP contribution is 2.53. The number of nitrogens with zero attached hydrogens (tertiary/aromatic N) is 1. The van der Waals surface area contributed by atoms with Gasteiger partial charge in [-0.1, -0.05) is 13.8 Å². The van der Waals surface area contributed by atoms with Crippen LogP contribution in [0, 0.1) is 29.6 Å². The van der Waals surface area contributed by atoms with Crippen molar-refractivity contribution in [3.63, 3.8) is 0 Å². The van der Waals surface area contributed by atoms with Crippen molar-refractivity contribution in [2.24, 2.45) is 35.3 Å². The Morgan fingerprint density at radius 2 is 1.88 bits per heavy atom. The standard InChI is InChI=1S/C19H29N3OS/c1-10(2)3-15(20)19-21-16(9-24-19)18(23)22-17-13-5-11-4-12(7-13)8-14(17)6-11/h9-15,17H,3-8,20H2,1-2H3,(H,22,23). The average molecular weight is 348 g/mol. The Bertz CT molecular complexity index is 584. The van der Waals surface area contributed by atoms with Crippen molar-refractivity contribution in [1.82, 2.24) is 10.3 Å². The summed E-state index contributed by atoms with van der Waals surface area (Å²) < 4.78 is 0. The molecule has 24 heavy (non-hydrogen) atoms. The zero-order valence-electron chi connectivity index (χ0n) is 14.7. The van der Waals surface area contributed by atoms with Crippen LogP contribution in [0.2, 0.25) is 0 Å². The number of thiazole rings is 1. The minimum Gasteiger partial charge on any atom is -0.347 e. The van der Waals surface area contributed by atoms with Crippen LogP contribution in [0.15, 0.2) is 5.38 Å². The molecule has 3 N–H and O–H groups in total. The molecule has 4 saturated carbocycles. The molecule has 1 aromatic rings. The summed E-state index contributed by atoms with van der Waals surface area (Å²) in [6, 6.07) is 0.317. The van der Waals surface area contributed by atoms with Crippen molar-refractivity contribution in [1.29, 1.82) is 0 Å². The Kier molecular flexibility index (Phi) is 4.42. The maximum absolute atomic E-state index is 12.7. The van der Waals surface area contributed by atoms with E-state index in [0.717, 1.165) is 23.3 Å². The maximum Gasteiger partial charge on any atom is 0.270 e. The smallest absolute Gasteiger partial charge is 0.270 e. The normalized spacial score (nSPS) is 35.4. The summed E-state index contributed by atoms with van der Waals surface area (Å²) in [5.41, 5.74) is 6.76. The van der Waals surface area contributed by atoms with Crippen molar-refractivity contribution in [2.45, 2.75) is 64.5 Å². The Morgan fingerprint density at radius 1 is 1.25 bits per heavy atom. The van der Waals surface area contributed by atoms with Crippen LogP contribution in [0.1, 0.15) is 73.9 Å². The molecule has 1 unspecified atom stereocenters. The van der Waals surface area contributed by atoms with Crippen molar-refractivity contribution in [3.8, 4) is 0 Å². The van der Waals surface area contributed by atoms with E-state index < -0.39 is 0 Å². The summed E-state index contributed by atoms with van der Waals surface area (Å²) in [4.78, 5) is 17.2. The molecule has 4 aliphatic carbocycles. The second kappa shape index (κ2) is 6.41. The summed E-state index contributed by atoms with van der Waals surface area (Å²) in [5, 5.41) is 6.10. The molecule has 1 heterocycles. The number of nitrogens with one attached hydrogen (secondary N) is 1. The summed E-state index contributed by atoms with van der Waals surface area (Å²) >= 11 is 1.52. The molecule has 4 bridgehead atoms. The largest absolute Gasteiger partial charge is 0.347 e. The average Bonchev–Trinajstić information content (AvgIpc) is 2.99. The van der Waals surface area contributed by atoms with Crippen LogP contribution in [-0.4, -0.2) is 16.9 Å². The molecule has 4 nitrogen and oxygen atoms in total. The van der Waals surface area contributed by atoms with Gasteiger partial charge in [-0.25, -0.2) is 4.98 Å². The molecule has 0 spiro atoms. The number of rotatable bonds is 5. The molecule has 1 atom stereocenters. The van der Waals surface area contributed by atoms with Crippen LogP contribution < -0.4 is 11.1 Å². The van der Waals surface area contributed by atoms with E-state index in [9.17, 15) is 4.79 Å². The highest BCUT2D eigenvalue weighted by Gasteiger charge is 2.48. The second-order valence-corrected chi connectivity index (χ2v) is 9.63. The lowest BCUT2D eigenvalue weighted by Gasteiger charge is -2.54. The summed E-state index contributed by atoms with van der Waals surface area (Å²) in [7, 11) is 0. The first-order valence-corrected chi connectivity index (χ1v) is 10.4. The van der Waals surface area contributed by atoms with Crippen LogP contribution in [0.3, 0.4) is 0 Å². The van der Waals surface area contributed by atoms with Gasteiger partial charge < -0.3 is 11.1 Å². The van der Waals surface area contributed by atoms with Gasteiger partial charge in [0.15, 0.2) is 0 Å². The van der Waals surface area contributed by atoms with Gasteiger partial charge >= 0.3 is 0 Å². The molecular weight excluding hydrogens is 318 g/mol. The third kappa shape index (κ3) is 3.13. The number of hydrogen-bond donors (Lipinski definition) is 2. The fraction of sp³-hybridized carbons (Fsp3) is 0.789. The van der Waals surface area contributed by atoms with Crippen molar-refractivity contribution in [3.05, 3.63) is 16.1 Å². The SMILES string of the molecule is CC(C)CC(N)c1nc(C(=O)NC2C3CC4CC(C3)CC2C4)cs1. The molecule has 5 rings (SSSR count). The zero-order valence-corrected chi connectivity index (χ0v) is 15.5. The number of aromatic nitrogens is 1. The van der Waals surface area contributed by atoms with Crippen molar-refractivity contribution < 1.29 is 4.79 Å². The fourth-order valence-corrected chi connectivity index (χ4v) is 6.37. The van der Waals surface area contributed by atoms with Gasteiger partial charge in [-0.3, -0.25) is 4.79 Å². The number of nitrogens with two attached hydrogens (primary N) is 1. The van der Waals surface area contributed by atoms with E-state index in [1.165, 1.54) is 43.4 Å². The predicted molar refractivity (Wildman–Crippen MR) is 96.8 cm³/mol. The van der Waals surface area contributed by atoms with Gasteiger partial charge in [-0.2, -0.15) is 0 Å². The number of hydrogen-bond acceptors (Lipinski definition) is 4. The van der Waals surface area contributed by atoms with Gasteiger partial charge in [0.2, 0.25) is 0 Å². The van der Waals surface area contributed by atoms with Crippen LogP contribution in [0.4, 0.5) is 0 Å². The van der Waals surface area contributed by atoms with Gasteiger partial charge in [0.05, 0.1) is 6.04 Å². The quantitative estimate of drug-likeness (QED) is 0.852. The number of carbonyl (C=O) groups excluding carboxylic acids is 1. The van der Waals surface area contributed by atoms with E-state index in [0.29, 0.717) is 29.5 Å². The maximum atomic E-state index is 12.7. The molecular formula is C19H29N3OS. The zero-order chi connectivity index (χ0) is 16.8. The molecule has 4 fully saturated rings.